The fourth-order valence-electron chi connectivity index (χ4n) is 0.982. The summed E-state index contributed by atoms with van der Waals surface area (Å²) < 4.78 is 0. The van der Waals surface area contributed by atoms with Crippen molar-refractivity contribution in [3.63, 3.8) is 0 Å². The molecule has 1 aromatic carbocycles. The third-order valence-electron chi connectivity index (χ3n) is 1.53. The second-order valence-electron chi connectivity index (χ2n) is 2.42. The lowest BCUT2D eigenvalue weighted by Crippen LogP contribution is -2.03. The molecule has 0 aliphatic carbocycles. The first-order chi connectivity index (χ1) is 5.65. The average molecular weight is 206 g/mol. The van der Waals surface area contributed by atoms with Crippen molar-refractivity contribution in [1.29, 1.82) is 0 Å². The number of rotatable bonds is 2. The topological polar surface area (TPSA) is 46.2 Å². The maximum absolute atomic E-state index is 9.38. The molecule has 0 aliphatic rings. The fraction of sp³-hybridized carbons (Fsp3) is 0.250. The molecular weight excluding hydrogens is 197 g/mol. The monoisotopic (exact) mass is 205 g/mol. The SMILES string of the molecule is NCCc1c(O)cc(Cl)cc1Cl. The first-order valence-electron chi connectivity index (χ1n) is 3.52. The minimum Gasteiger partial charge on any atom is -0.508 e. The molecule has 0 saturated heterocycles. The number of hydrogen-bond acceptors (Lipinski definition) is 2. The van der Waals surface area contributed by atoms with Gasteiger partial charge in [-0.25, -0.2) is 0 Å². The normalized spacial score (nSPS) is 10.2. The third-order valence-corrected chi connectivity index (χ3v) is 2.09. The Bertz CT molecular complexity index is 265. The van der Waals surface area contributed by atoms with E-state index >= 15 is 0 Å². The molecule has 1 rings (SSSR count). The zero-order chi connectivity index (χ0) is 9.14. The summed E-state index contributed by atoms with van der Waals surface area (Å²) in [6, 6.07) is 3.05. The number of benzene rings is 1. The summed E-state index contributed by atoms with van der Waals surface area (Å²) >= 11 is 11.5. The van der Waals surface area contributed by atoms with E-state index in [0.29, 0.717) is 28.6 Å². The highest BCUT2D eigenvalue weighted by Crippen LogP contribution is 2.29. The van der Waals surface area contributed by atoms with Crippen molar-refractivity contribution < 1.29 is 5.11 Å². The highest BCUT2D eigenvalue weighted by molar-refractivity contribution is 6.35. The van der Waals surface area contributed by atoms with E-state index in [1.165, 1.54) is 6.07 Å². The first-order valence-corrected chi connectivity index (χ1v) is 4.27. The molecule has 0 aliphatic heterocycles. The fourth-order valence-corrected chi connectivity index (χ4v) is 1.56. The van der Waals surface area contributed by atoms with Crippen LogP contribution in [0.1, 0.15) is 5.56 Å². The average Bonchev–Trinajstić information content (AvgIpc) is 1.96. The van der Waals surface area contributed by atoms with E-state index in [2.05, 4.69) is 0 Å². The van der Waals surface area contributed by atoms with Gasteiger partial charge in [0.25, 0.3) is 0 Å². The van der Waals surface area contributed by atoms with E-state index in [9.17, 15) is 5.11 Å². The van der Waals surface area contributed by atoms with Crippen LogP contribution in [0, 0.1) is 0 Å². The summed E-state index contributed by atoms with van der Waals surface area (Å²) in [6.45, 7) is 0.453. The van der Waals surface area contributed by atoms with Crippen molar-refractivity contribution in [3.8, 4) is 5.75 Å². The summed E-state index contributed by atoms with van der Waals surface area (Å²) in [6.07, 6.45) is 0.557. The van der Waals surface area contributed by atoms with Gasteiger partial charge in [0.1, 0.15) is 5.75 Å². The number of hydrogen-bond donors (Lipinski definition) is 2. The van der Waals surface area contributed by atoms with Gasteiger partial charge in [0.2, 0.25) is 0 Å². The molecule has 1 aromatic rings. The first kappa shape index (κ1) is 9.65. The van der Waals surface area contributed by atoms with Gasteiger partial charge in [0.05, 0.1) is 0 Å². The van der Waals surface area contributed by atoms with Crippen LogP contribution in [0.4, 0.5) is 0 Å². The van der Waals surface area contributed by atoms with E-state index in [4.69, 9.17) is 28.9 Å². The van der Waals surface area contributed by atoms with Crippen molar-refractivity contribution in [2.75, 3.05) is 6.54 Å². The molecule has 3 N–H and O–H groups in total. The zero-order valence-corrected chi connectivity index (χ0v) is 7.86. The van der Waals surface area contributed by atoms with Gasteiger partial charge in [-0.3, -0.25) is 0 Å². The van der Waals surface area contributed by atoms with Gasteiger partial charge < -0.3 is 10.8 Å². The van der Waals surface area contributed by atoms with Crippen molar-refractivity contribution >= 4 is 23.2 Å². The quantitative estimate of drug-likeness (QED) is 0.779. The van der Waals surface area contributed by atoms with E-state index in [1.807, 2.05) is 0 Å². The van der Waals surface area contributed by atoms with Crippen LogP contribution in [0.3, 0.4) is 0 Å². The molecule has 0 unspecified atom stereocenters. The number of aromatic hydroxyl groups is 1. The van der Waals surface area contributed by atoms with Crippen LogP contribution in [0.5, 0.6) is 5.75 Å². The summed E-state index contributed by atoms with van der Waals surface area (Å²) in [5.74, 6) is 0.109. The summed E-state index contributed by atoms with van der Waals surface area (Å²) in [5.41, 5.74) is 5.99. The van der Waals surface area contributed by atoms with Crippen LogP contribution in [0.15, 0.2) is 12.1 Å². The molecule has 0 fully saturated rings. The molecule has 0 atom stereocenters. The van der Waals surface area contributed by atoms with Gasteiger partial charge in [-0.15, -0.1) is 0 Å². The lowest BCUT2D eigenvalue weighted by atomic mass is 10.1. The molecule has 2 nitrogen and oxygen atoms in total. The highest BCUT2D eigenvalue weighted by atomic mass is 35.5. The Morgan fingerprint density at radius 2 is 2.00 bits per heavy atom. The Morgan fingerprint density at radius 3 is 2.50 bits per heavy atom. The molecule has 0 bridgehead atoms. The van der Waals surface area contributed by atoms with Crippen LogP contribution in [-0.4, -0.2) is 11.7 Å². The van der Waals surface area contributed by atoms with Gasteiger partial charge in [-0.2, -0.15) is 0 Å². The standard InChI is InChI=1S/C8H9Cl2NO/c9-5-3-7(10)6(1-2-11)8(12)4-5/h3-4,12H,1-2,11H2. The van der Waals surface area contributed by atoms with E-state index in [1.54, 1.807) is 6.07 Å². The Kier molecular flexibility index (Phi) is 3.20. The van der Waals surface area contributed by atoms with Crippen LogP contribution < -0.4 is 5.73 Å². The predicted molar refractivity (Wildman–Crippen MR) is 50.9 cm³/mol. The zero-order valence-electron chi connectivity index (χ0n) is 6.35. The minimum absolute atomic E-state index is 0.109. The Balaban J connectivity index is 3.10. The third kappa shape index (κ3) is 2.03. The molecule has 12 heavy (non-hydrogen) atoms. The molecule has 0 amide bonds. The summed E-state index contributed by atoms with van der Waals surface area (Å²) in [7, 11) is 0. The van der Waals surface area contributed by atoms with Crippen LogP contribution in [0.25, 0.3) is 0 Å². The Hall–Kier alpha value is -0.440. The minimum atomic E-state index is 0.109. The van der Waals surface area contributed by atoms with Gasteiger partial charge in [0.15, 0.2) is 0 Å². The van der Waals surface area contributed by atoms with Crippen molar-refractivity contribution in [3.05, 3.63) is 27.7 Å². The van der Waals surface area contributed by atoms with Crippen molar-refractivity contribution in [1.82, 2.24) is 0 Å². The second kappa shape index (κ2) is 3.99. The van der Waals surface area contributed by atoms with Gasteiger partial charge in [0, 0.05) is 15.6 Å². The molecular formula is C8H9Cl2NO. The van der Waals surface area contributed by atoms with E-state index in [0.717, 1.165) is 0 Å². The number of halogens is 2. The second-order valence-corrected chi connectivity index (χ2v) is 3.27. The van der Waals surface area contributed by atoms with Crippen LogP contribution >= 0.6 is 23.2 Å². The molecule has 0 saturated carbocycles. The lowest BCUT2D eigenvalue weighted by molar-refractivity contribution is 0.468. The van der Waals surface area contributed by atoms with Gasteiger partial charge >= 0.3 is 0 Å². The summed E-state index contributed by atoms with van der Waals surface area (Å²) in [4.78, 5) is 0. The van der Waals surface area contributed by atoms with Gasteiger partial charge in [-0.05, 0) is 25.1 Å². The molecule has 66 valence electrons. The molecule has 0 heterocycles. The van der Waals surface area contributed by atoms with Gasteiger partial charge in [-0.1, -0.05) is 23.2 Å². The van der Waals surface area contributed by atoms with Crippen molar-refractivity contribution in [2.24, 2.45) is 5.73 Å². The largest absolute Gasteiger partial charge is 0.508 e. The number of phenols is 1. The smallest absolute Gasteiger partial charge is 0.121 e. The Labute approximate surface area is 80.9 Å². The predicted octanol–water partition coefficient (Wildman–Crippen LogP) is 2.20. The van der Waals surface area contributed by atoms with Crippen LogP contribution in [-0.2, 0) is 6.42 Å². The summed E-state index contributed by atoms with van der Waals surface area (Å²) in [5, 5.41) is 10.3. The molecule has 0 aromatic heterocycles. The van der Waals surface area contributed by atoms with Crippen molar-refractivity contribution in [2.45, 2.75) is 6.42 Å². The molecule has 0 radical (unpaired) electrons. The number of nitrogens with two attached hydrogens (primary N) is 1. The molecule has 0 spiro atoms. The Morgan fingerprint density at radius 1 is 1.33 bits per heavy atom. The maximum atomic E-state index is 9.38. The maximum Gasteiger partial charge on any atom is 0.121 e. The molecule has 4 heteroatoms. The number of phenolic OH excluding ortho intramolecular Hbond substituents is 1. The van der Waals surface area contributed by atoms with E-state index in [-0.39, 0.29) is 5.75 Å². The lowest BCUT2D eigenvalue weighted by Gasteiger charge is -2.05. The highest BCUT2D eigenvalue weighted by Gasteiger charge is 2.06. The van der Waals surface area contributed by atoms with Crippen LogP contribution in [0.2, 0.25) is 10.0 Å². The van der Waals surface area contributed by atoms with E-state index < -0.39 is 0 Å².